The van der Waals surface area contributed by atoms with Crippen LogP contribution in [0.3, 0.4) is 0 Å². The Balaban J connectivity index is 1.45. The molecule has 2 aromatic rings. The molecule has 3 rings (SSSR count). The van der Waals surface area contributed by atoms with E-state index in [-0.39, 0.29) is 11.9 Å². The minimum Gasteiger partial charge on any atom is -0.396 e. The first-order valence-corrected chi connectivity index (χ1v) is 11.8. The summed E-state index contributed by atoms with van der Waals surface area (Å²) in [4.78, 5) is 11.9. The largest absolute Gasteiger partial charge is 0.396 e. The molecule has 1 aromatic heterocycles. The Hall–Kier alpha value is -2.90. The molecule has 174 valence electrons. The Morgan fingerprint density at radius 1 is 1.19 bits per heavy atom. The summed E-state index contributed by atoms with van der Waals surface area (Å²) in [6, 6.07) is 7.92. The van der Waals surface area contributed by atoms with E-state index in [1.54, 1.807) is 0 Å². The second-order valence-corrected chi connectivity index (χ2v) is 8.48. The fourth-order valence-electron chi connectivity index (χ4n) is 3.88. The third-order valence-corrected chi connectivity index (χ3v) is 5.92. The van der Waals surface area contributed by atoms with Crippen LogP contribution in [0.1, 0.15) is 82.6 Å². The average molecular weight is 441 g/mol. The van der Waals surface area contributed by atoms with E-state index in [2.05, 4.69) is 22.2 Å². The molecule has 1 aliphatic rings. The number of likely N-dealkylation sites (tertiary alicyclic amines) is 1. The predicted octanol–water partition coefficient (Wildman–Crippen LogP) is 4.91. The quantitative estimate of drug-likeness (QED) is 0.210. The lowest BCUT2D eigenvalue weighted by atomic mass is 10.1. The summed E-state index contributed by atoms with van der Waals surface area (Å²) in [6.07, 6.45) is 9.68. The van der Waals surface area contributed by atoms with Crippen LogP contribution in [0.25, 0.3) is 11.4 Å². The van der Waals surface area contributed by atoms with Crippen LogP contribution >= 0.6 is 0 Å². The van der Waals surface area contributed by atoms with E-state index in [9.17, 15) is 0 Å². The van der Waals surface area contributed by atoms with Crippen molar-refractivity contribution in [2.24, 2.45) is 10.9 Å². The monoisotopic (exact) mass is 440 g/mol. The summed E-state index contributed by atoms with van der Waals surface area (Å²) in [5.41, 5.74) is 8.31. The third kappa shape index (κ3) is 6.80. The highest BCUT2D eigenvalue weighted by Gasteiger charge is 2.29. The van der Waals surface area contributed by atoms with Crippen molar-refractivity contribution in [3.05, 3.63) is 35.7 Å². The molecule has 2 heterocycles. The second-order valence-electron chi connectivity index (χ2n) is 8.48. The number of hydrogen-bond acceptors (Lipinski definition) is 6. The number of rotatable bonds is 12. The van der Waals surface area contributed by atoms with Gasteiger partial charge < -0.3 is 20.0 Å². The van der Waals surface area contributed by atoms with Crippen LogP contribution in [0.4, 0.5) is 0 Å². The molecule has 3 N–H and O–H groups in total. The maximum Gasteiger partial charge on any atom is 0.231 e. The Labute approximate surface area is 190 Å². The summed E-state index contributed by atoms with van der Waals surface area (Å²) in [5, 5.41) is 15.9. The molecule has 0 radical (unpaired) electrons. The van der Waals surface area contributed by atoms with Gasteiger partial charge in [0.2, 0.25) is 11.7 Å². The SMILES string of the molecule is CCCCCCCCCON=C(C)c1ccc(-c2noc([C@@H]3CCN(C(=N)N)C3)n2)cc1. The highest BCUT2D eigenvalue weighted by Crippen LogP contribution is 2.27. The molecule has 0 amide bonds. The first kappa shape index (κ1) is 23.8. The van der Waals surface area contributed by atoms with Crippen molar-refractivity contribution in [3.63, 3.8) is 0 Å². The Morgan fingerprint density at radius 3 is 2.59 bits per heavy atom. The summed E-state index contributed by atoms with van der Waals surface area (Å²) < 4.78 is 5.48. The van der Waals surface area contributed by atoms with Crippen molar-refractivity contribution >= 4 is 11.7 Å². The first-order chi connectivity index (χ1) is 15.6. The number of aromatic nitrogens is 2. The van der Waals surface area contributed by atoms with E-state index in [0.717, 1.165) is 36.2 Å². The molecule has 0 unspecified atom stereocenters. The summed E-state index contributed by atoms with van der Waals surface area (Å²) in [6.45, 7) is 6.24. The van der Waals surface area contributed by atoms with Gasteiger partial charge in [0.15, 0.2) is 5.96 Å². The van der Waals surface area contributed by atoms with Crippen LogP contribution in [0.5, 0.6) is 0 Å². The van der Waals surface area contributed by atoms with Crippen LogP contribution in [0.15, 0.2) is 33.9 Å². The summed E-state index contributed by atoms with van der Waals surface area (Å²) in [5.74, 6) is 1.37. The van der Waals surface area contributed by atoms with Crippen molar-refractivity contribution in [2.45, 2.75) is 71.1 Å². The standard InChI is InChI=1S/C24H36N6O2/c1-3-4-5-6-7-8-9-16-31-28-18(2)19-10-12-20(13-11-19)22-27-23(32-29-22)21-14-15-30(17-21)24(25)26/h10-13,21H,3-9,14-17H2,1-2H3,(H3,25,26)/t21-/m1/s1. The molecule has 0 aliphatic carbocycles. The molecule has 8 nitrogen and oxygen atoms in total. The number of hydrogen-bond donors (Lipinski definition) is 2. The Kier molecular flexibility index (Phi) is 9.07. The van der Waals surface area contributed by atoms with Crippen molar-refractivity contribution in [1.29, 1.82) is 5.41 Å². The van der Waals surface area contributed by atoms with E-state index < -0.39 is 0 Å². The predicted molar refractivity (Wildman–Crippen MR) is 127 cm³/mol. The maximum absolute atomic E-state index is 7.56. The zero-order valence-electron chi connectivity index (χ0n) is 19.3. The molecule has 1 atom stereocenters. The molecule has 1 aliphatic heterocycles. The second kappa shape index (κ2) is 12.2. The number of nitrogens with zero attached hydrogens (tertiary/aromatic N) is 4. The molecule has 0 bridgehead atoms. The molecule has 0 saturated carbocycles. The average Bonchev–Trinajstić information content (AvgIpc) is 3.48. The van der Waals surface area contributed by atoms with Gasteiger partial charge in [0, 0.05) is 18.7 Å². The molecule has 8 heteroatoms. The number of unbranched alkanes of at least 4 members (excludes halogenated alkanes) is 6. The van der Waals surface area contributed by atoms with Crippen molar-refractivity contribution in [1.82, 2.24) is 15.0 Å². The van der Waals surface area contributed by atoms with Gasteiger partial charge in [-0.1, -0.05) is 73.6 Å². The molecule has 1 saturated heterocycles. The van der Waals surface area contributed by atoms with Gasteiger partial charge in [0.1, 0.15) is 6.61 Å². The Bertz CT molecular complexity index is 877. The van der Waals surface area contributed by atoms with Crippen molar-refractivity contribution in [2.75, 3.05) is 19.7 Å². The van der Waals surface area contributed by atoms with Crippen molar-refractivity contribution < 1.29 is 9.36 Å². The van der Waals surface area contributed by atoms with E-state index in [1.165, 1.54) is 38.5 Å². The van der Waals surface area contributed by atoms with Gasteiger partial charge >= 0.3 is 0 Å². The maximum atomic E-state index is 7.56. The van der Waals surface area contributed by atoms with Gasteiger partial charge in [-0.25, -0.2) is 0 Å². The van der Waals surface area contributed by atoms with Gasteiger partial charge in [-0.3, -0.25) is 5.41 Å². The molecule has 0 spiro atoms. The van der Waals surface area contributed by atoms with E-state index in [4.69, 9.17) is 20.5 Å². The number of benzene rings is 1. The lowest BCUT2D eigenvalue weighted by molar-refractivity contribution is 0.139. The number of guanidine groups is 1. The van der Waals surface area contributed by atoms with Crippen LogP contribution in [-0.2, 0) is 4.84 Å². The van der Waals surface area contributed by atoms with Gasteiger partial charge in [-0.05, 0) is 31.7 Å². The fourth-order valence-corrected chi connectivity index (χ4v) is 3.88. The zero-order valence-corrected chi connectivity index (χ0v) is 19.3. The molecule has 32 heavy (non-hydrogen) atoms. The number of nitrogens with two attached hydrogens (primary N) is 1. The first-order valence-electron chi connectivity index (χ1n) is 11.8. The molecule has 1 fully saturated rings. The van der Waals surface area contributed by atoms with Gasteiger partial charge in [0.05, 0.1) is 11.6 Å². The molecule has 1 aromatic carbocycles. The highest BCUT2D eigenvalue weighted by atomic mass is 16.6. The van der Waals surface area contributed by atoms with E-state index >= 15 is 0 Å². The van der Waals surface area contributed by atoms with Crippen LogP contribution in [-0.4, -0.2) is 46.4 Å². The van der Waals surface area contributed by atoms with Crippen LogP contribution in [0.2, 0.25) is 0 Å². The smallest absolute Gasteiger partial charge is 0.231 e. The number of nitrogens with one attached hydrogen (secondary N) is 1. The fraction of sp³-hybridized carbons (Fsp3) is 0.583. The van der Waals surface area contributed by atoms with Crippen LogP contribution in [0, 0.1) is 5.41 Å². The summed E-state index contributed by atoms with van der Waals surface area (Å²) >= 11 is 0. The van der Waals surface area contributed by atoms with Crippen LogP contribution < -0.4 is 5.73 Å². The van der Waals surface area contributed by atoms with Gasteiger partial charge in [0.25, 0.3) is 0 Å². The van der Waals surface area contributed by atoms with E-state index in [0.29, 0.717) is 24.9 Å². The highest BCUT2D eigenvalue weighted by molar-refractivity contribution is 5.98. The zero-order chi connectivity index (χ0) is 22.8. The van der Waals surface area contributed by atoms with E-state index in [1.807, 2.05) is 36.1 Å². The van der Waals surface area contributed by atoms with Gasteiger partial charge in [-0.15, -0.1) is 0 Å². The lowest BCUT2D eigenvalue weighted by Crippen LogP contribution is -2.34. The topological polar surface area (TPSA) is 114 Å². The normalized spacial score (nSPS) is 16.5. The Morgan fingerprint density at radius 2 is 1.91 bits per heavy atom. The summed E-state index contributed by atoms with van der Waals surface area (Å²) in [7, 11) is 0. The lowest BCUT2D eigenvalue weighted by Gasteiger charge is -2.14. The number of oxime groups is 1. The van der Waals surface area contributed by atoms with Crippen molar-refractivity contribution in [3.8, 4) is 11.4 Å². The van der Waals surface area contributed by atoms with Gasteiger partial charge in [-0.2, -0.15) is 4.98 Å². The minimum absolute atomic E-state index is 0.0891. The third-order valence-electron chi connectivity index (χ3n) is 5.92. The molecular formula is C24H36N6O2. The molecular weight excluding hydrogens is 404 g/mol. The minimum atomic E-state index is 0.0891.